The van der Waals surface area contributed by atoms with Gasteiger partial charge in [0.2, 0.25) is 0 Å². The van der Waals surface area contributed by atoms with Crippen LogP contribution in [0.5, 0.6) is 0 Å². The fourth-order valence-electron chi connectivity index (χ4n) is 1.77. The minimum atomic E-state index is -0.958. The Hall–Kier alpha value is -2.21. The molecular formula is C13H16N4O2. The molecule has 0 fully saturated rings. The molecule has 2 heterocycles. The Balaban J connectivity index is 1.97. The molecule has 0 radical (unpaired) electrons. The van der Waals surface area contributed by atoms with Gasteiger partial charge in [0.15, 0.2) is 0 Å². The molecule has 0 atom stereocenters. The normalized spacial score (nSPS) is 10.9. The van der Waals surface area contributed by atoms with Gasteiger partial charge in [-0.25, -0.2) is 9.78 Å². The van der Waals surface area contributed by atoms with Crippen LogP contribution >= 0.6 is 0 Å². The van der Waals surface area contributed by atoms with Crippen molar-refractivity contribution in [1.29, 1.82) is 0 Å². The Morgan fingerprint density at radius 2 is 2.16 bits per heavy atom. The number of carbonyl (C=O) groups is 1. The van der Waals surface area contributed by atoms with E-state index in [9.17, 15) is 4.79 Å². The average Bonchev–Trinajstić information content (AvgIpc) is 2.75. The van der Waals surface area contributed by atoms with Gasteiger partial charge < -0.3 is 9.67 Å². The van der Waals surface area contributed by atoms with Crippen molar-refractivity contribution in [3.63, 3.8) is 0 Å². The highest BCUT2D eigenvalue weighted by Gasteiger charge is 2.07. The van der Waals surface area contributed by atoms with E-state index in [1.807, 2.05) is 24.9 Å². The van der Waals surface area contributed by atoms with E-state index in [2.05, 4.69) is 14.9 Å². The van der Waals surface area contributed by atoms with E-state index in [4.69, 9.17) is 5.11 Å². The fourth-order valence-corrected chi connectivity index (χ4v) is 1.77. The molecule has 0 saturated carbocycles. The van der Waals surface area contributed by atoms with Gasteiger partial charge in [-0.1, -0.05) is 0 Å². The van der Waals surface area contributed by atoms with Gasteiger partial charge in [-0.15, -0.1) is 0 Å². The molecule has 0 aliphatic heterocycles. The van der Waals surface area contributed by atoms with Crippen LogP contribution in [0.25, 0.3) is 0 Å². The molecule has 2 rings (SSSR count). The smallest absolute Gasteiger partial charge is 0.337 e. The van der Waals surface area contributed by atoms with Crippen molar-refractivity contribution in [2.75, 3.05) is 7.05 Å². The van der Waals surface area contributed by atoms with Crippen molar-refractivity contribution >= 4 is 5.97 Å². The van der Waals surface area contributed by atoms with Crippen molar-refractivity contribution in [3.05, 3.63) is 47.8 Å². The highest BCUT2D eigenvalue weighted by atomic mass is 16.4. The lowest BCUT2D eigenvalue weighted by Crippen LogP contribution is -2.20. The van der Waals surface area contributed by atoms with Crippen LogP contribution in [0.2, 0.25) is 0 Å². The van der Waals surface area contributed by atoms with Gasteiger partial charge in [0.1, 0.15) is 5.82 Å². The molecule has 0 unspecified atom stereocenters. The molecule has 2 aromatic heterocycles. The number of imidazole rings is 1. The van der Waals surface area contributed by atoms with E-state index in [1.54, 1.807) is 18.3 Å². The molecule has 0 amide bonds. The van der Waals surface area contributed by atoms with E-state index >= 15 is 0 Å². The van der Waals surface area contributed by atoms with Crippen molar-refractivity contribution in [3.8, 4) is 0 Å². The first-order valence-electron chi connectivity index (χ1n) is 5.89. The van der Waals surface area contributed by atoms with Gasteiger partial charge in [0, 0.05) is 32.2 Å². The number of aryl methyl sites for hydroxylation is 1. The zero-order valence-electron chi connectivity index (χ0n) is 10.9. The minimum absolute atomic E-state index is 0.204. The topological polar surface area (TPSA) is 71.2 Å². The summed E-state index contributed by atoms with van der Waals surface area (Å²) in [6, 6.07) is 3.30. The van der Waals surface area contributed by atoms with E-state index < -0.39 is 5.97 Å². The van der Waals surface area contributed by atoms with Gasteiger partial charge in [-0.2, -0.15) is 0 Å². The van der Waals surface area contributed by atoms with Crippen LogP contribution in [0.3, 0.4) is 0 Å². The molecule has 0 aromatic carbocycles. The summed E-state index contributed by atoms with van der Waals surface area (Å²) in [5, 5.41) is 8.80. The van der Waals surface area contributed by atoms with Gasteiger partial charge in [0.25, 0.3) is 0 Å². The number of carboxylic acids is 1. The number of pyridine rings is 1. The summed E-state index contributed by atoms with van der Waals surface area (Å²) >= 11 is 0. The Labute approximate surface area is 111 Å². The highest BCUT2D eigenvalue weighted by Crippen LogP contribution is 2.06. The third-order valence-electron chi connectivity index (χ3n) is 2.84. The third-order valence-corrected chi connectivity index (χ3v) is 2.84. The molecule has 6 nitrogen and oxygen atoms in total. The van der Waals surface area contributed by atoms with Crippen LogP contribution in [0, 0.1) is 0 Å². The predicted octanol–water partition coefficient (Wildman–Crippen LogP) is 1.15. The highest BCUT2D eigenvalue weighted by molar-refractivity contribution is 5.87. The quantitative estimate of drug-likeness (QED) is 0.873. The maximum atomic E-state index is 10.7. The van der Waals surface area contributed by atoms with Crippen LogP contribution in [-0.4, -0.2) is 37.6 Å². The number of aromatic nitrogens is 3. The lowest BCUT2D eigenvalue weighted by atomic mass is 10.2. The molecule has 0 aliphatic carbocycles. The standard InChI is InChI=1S/C13H16N4O2/c1-16(9-12-14-5-6-17(12)2)8-11-4-3-10(7-15-11)13(18)19/h3-7H,8-9H2,1-2H3,(H,18,19). The Bertz CT molecular complexity index is 562. The fraction of sp³-hybridized carbons (Fsp3) is 0.308. The SMILES string of the molecule is CN(Cc1ccc(C(=O)O)cn1)Cc1nccn1C. The lowest BCUT2D eigenvalue weighted by molar-refractivity contribution is 0.0696. The summed E-state index contributed by atoms with van der Waals surface area (Å²) in [5.74, 6) is 0.0186. The summed E-state index contributed by atoms with van der Waals surface area (Å²) in [7, 11) is 3.93. The monoisotopic (exact) mass is 260 g/mol. The number of hydrogen-bond donors (Lipinski definition) is 1. The molecule has 19 heavy (non-hydrogen) atoms. The molecule has 0 spiro atoms. The van der Waals surface area contributed by atoms with Crippen LogP contribution in [-0.2, 0) is 20.1 Å². The van der Waals surface area contributed by atoms with Crippen LogP contribution in [0.1, 0.15) is 21.9 Å². The second kappa shape index (κ2) is 5.62. The zero-order valence-corrected chi connectivity index (χ0v) is 10.9. The summed E-state index contributed by atoms with van der Waals surface area (Å²) < 4.78 is 1.97. The van der Waals surface area contributed by atoms with Gasteiger partial charge in [-0.3, -0.25) is 9.88 Å². The summed E-state index contributed by atoms with van der Waals surface area (Å²) in [6.07, 6.45) is 5.05. The first kappa shape index (κ1) is 13.2. The third kappa shape index (κ3) is 3.38. The molecule has 0 bridgehead atoms. The van der Waals surface area contributed by atoms with Crippen molar-refractivity contribution in [2.24, 2.45) is 7.05 Å². The molecular weight excluding hydrogens is 244 g/mol. The van der Waals surface area contributed by atoms with Crippen molar-refractivity contribution < 1.29 is 9.90 Å². The second-order valence-corrected chi connectivity index (χ2v) is 4.47. The maximum absolute atomic E-state index is 10.7. The second-order valence-electron chi connectivity index (χ2n) is 4.47. The van der Waals surface area contributed by atoms with E-state index in [-0.39, 0.29) is 5.56 Å². The maximum Gasteiger partial charge on any atom is 0.337 e. The molecule has 1 N–H and O–H groups in total. The molecule has 2 aromatic rings. The number of rotatable bonds is 5. The summed E-state index contributed by atoms with van der Waals surface area (Å²) in [4.78, 5) is 21.2. The van der Waals surface area contributed by atoms with Crippen LogP contribution < -0.4 is 0 Å². The van der Waals surface area contributed by atoms with Crippen LogP contribution in [0.15, 0.2) is 30.7 Å². The van der Waals surface area contributed by atoms with E-state index in [0.717, 1.165) is 11.5 Å². The van der Waals surface area contributed by atoms with Gasteiger partial charge in [0.05, 0.1) is 17.8 Å². The number of hydrogen-bond acceptors (Lipinski definition) is 4. The van der Waals surface area contributed by atoms with Crippen molar-refractivity contribution in [2.45, 2.75) is 13.1 Å². The first-order valence-corrected chi connectivity index (χ1v) is 5.89. The van der Waals surface area contributed by atoms with Crippen molar-refractivity contribution in [1.82, 2.24) is 19.4 Å². The Morgan fingerprint density at radius 3 is 2.68 bits per heavy atom. The number of carboxylic acid groups (broad SMARTS) is 1. The molecule has 0 saturated heterocycles. The zero-order chi connectivity index (χ0) is 13.8. The van der Waals surface area contributed by atoms with Gasteiger partial charge >= 0.3 is 5.97 Å². The van der Waals surface area contributed by atoms with Crippen LogP contribution in [0.4, 0.5) is 0 Å². The molecule has 100 valence electrons. The number of nitrogens with zero attached hydrogens (tertiary/aromatic N) is 4. The molecule has 0 aliphatic rings. The minimum Gasteiger partial charge on any atom is -0.478 e. The number of aromatic carboxylic acids is 1. The summed E-state index contributed by atoms with van der Waals surface area (Å²) in [5.41, 5.74) is 1.04. The Morgan fingerprint density at radius 1 is 1.37 bits per heavy atom. The van der Waals surface area contributed by atoms with E-state index in [0.29, 0.717) is 13.1 Å². The average molecular weight is 260 g/mol. The summed E-state index contributed by atoms with van der Waals surface area (Å²) in [6.45, 7) is 1.36. The first-order chi connectivity index (χ1) is 9.06. The molecule has 6 heteroatoms. The predicted molar refractivity (Wildman–Crippen MR) is 69.6 cm³/mol. The van der Waals surface area contributed by atoms with E-state index in [1.165, 1.54) is 6.20 Å². The Kier molecular flexibility index (Phi) is 3.91. The largest absolute Gasteiger partial charge is 0.478 e. The lowest BCUT2D eigenvalue weighted by Gasteiger charge is -2.15. The van der Waals surface area contributed by atoms with Gasteiger partial charge in [-0.05, 0) is 19.2 Å².